The third kappa shape index (κ3) is 2.55. The lowest BCUT2D eigenvalue weighted by atomic mass is 10.1. The Labute approximate surface area is 99.4 Å². The first-order valence-electron chi connectivity index (χ1n) is 5.41. The van der Waals surface area contributed by atoms with E-state index in [1.165, 1.54) is 7.11 Å². The molecule has 1 aromatic carbocycles. The summed E-state index contributed by atoms with van der Waals surface area (Å²) in [6.07, 6.45) is 0. The van der Waals surface area contributed by atoms with Gasteiger partial charge in [-0.3, -0.25) is 4.79 Å². The molecule has 0 saturated carbocycles. The van der Waals surface area contributed by atoms with Gasteiger partial charge < -0.3 is 15.0 Å². The summed E-state index contributed by atoms with van der Waals surface area (Å²) < 4.78 is 4.66. The third-order valence-corrected chi connectivity index (χ3v) is 2.67. The maximum Gasteiger partial charge on any atom is 0.337 e. The monoisotopic (exact) mass is 234 g/mol. The van der Waals surface area contributed by atoms with Crippen molar-refractivity contribution in [3.05, 3.63) is 29.8 Å². The van der Waals surface area contributed by atoms with E-state index < -0.39 is 0 Å². The van der Waals surface area contributed by atoms with Gasteiger partial charge in [0, 0.05) is 18.8 Å². The molecule has 1 fully saturated rings. The van der Waals surface area contributed by atoms with Gasteiger partial charge in [0.2, 0.25) is 5.91 Å². The van der Waals surface area contributed by atoms with Gasteiger partial charge in [-0.05, 0) is 18.2 Å². The van der Waals surface area contributed by atoms with Gasteiger partial charge in [-0.2, -0.15) is 0 Å². The molecule has 90 valence electrons. The van der Waals surface area contributed by atoms with E-state index in [0.717, 1.165) is 12.2 Å². The number of hydrogen-bond donors (Lipinski definition) is 1. The van der Waals surface area contributed by atoms with Crippen molar-refractivity contribution < 1.29 is 14.3 Å². The van der Waals surface area contributed by atoms with Crippen LogP contribution in [0.3, 0.4) is 0 Å². The summed E-state index contributed by atoms with van der Waals surface area (Å²) in [7, 11) is 1.35. The molecule has 0 atom stereocenters. The molecule has 1 aliphatic rings. The summed E-state index contributed by atoms with van der Waals surface area (Å²) in [4.78, 5) is 24.6. The SMILES string of the molecule is COC(=O)c1cccc(N2CCNC(=O)C2)c1. The predicted octanol–water partition coefficient (Wildman–Crippen LogP) is 0.409. The van der Waals surface area contributed by atoms with Crippen LogP contribution in [0, 0.1) is 0 Å². The normalized spacial score (nSPS) is 15.4. The van der Waals surface area contributed by atoms with Crippen LogP contribution in [0.15, 0.2) is 24.3 Å². The van der Waals surface area contributed by atoms with Crippen LogP contribution < -0.4 is 10.2 Å². The molecule has 0 aromatic heterocycles. The molecule has 0 unspecified atom stereocenters. The first kappa shape index (κ1) is 11.4. The maximum absolute atomic E-state index is 11.4. The predicted molar refractivity (Wildman–Crippen MR) is 63.0 cm³/mol. The molecule has 0 radical (unpaired) electrons. The molecule has 17 heavy (non-hydrogen) atoms. The highest BCUT2D eigenvalue weighted by atomic mass is 16.5. The molecular formula is C12H14N2O3. The molecule has 0 spiro atoms. The van der Waals surface area contributed by atoms with E-state index in [1.807, 2.05) is 11.0 Å². The topological polar surface area (TPSA) is 58.6 Å². The van der Waals surface area contributed by atoms with E-state index in [4.69, 9.17) is 0 Å². The molecule has 0 bridgehead atoms. The van der Waals surface area contributed by atoms with E-state index in [-0.39, 0.29) is 11.9 Å². The highest BCUT2D eigenvalue weighted by Crippen LogP contribution is 2.17. The Morgan fingerprint density at radius 1 is 1.47 bits per heavy atom. The van der Waals surface area contributed by atoms with Crippen molar-refractivity contribution >= 4 is 17.6 Å². The van der Waals surface area contributed by atoms with Crippen molar-refractivity contribution in [3.63, 3.8) is 0 Å². The number of esters is 1. The Hall–Kier alpha value is -2.04. The Morgan fingerprint density at radius 2 is 2.29 bits per heavy atom. The number of hydrogen-bond acceptors (Lipinski definition) is 4. The summed E-state index contributed by atoms with van der Waals surface area (Å²) >= 11 is 0. The molecule has 1 N–H and O–H groups in total. The number of nitrogens with one attached hydrogen (secondary N) is 1. The second-order valence-electron chi connectivity index (χ2n) is 3.81. The van der Waals surface area contributed by atoms with E-state index in [0.29, 0.717) is 18.7 Å². The van der Waals surface area contributed by atoms with Gasteiger partial charge in [-0.25, -0.2) is 4.79 Å². The summed E-state index contributed by atoms with van der Waals surface area (Å²) in [5.74, 6) is -0.368. The number of amides is 1. The minimum absolute atomic E-state index is 0.000258. The van der Waals surface area contributed by atoms with Crippen LogP contribution in [0.25, 0.3) is 0 Å². The van der Waals surface area contributed by atoms with Crippen LogP contribution in [0.4, 0.5) is 5.69 Å². The van der Waals surface area contributed by atoms with Crippen molar-refractivity contribution in [2.45, 2.75) is 0 Å². The standard InChI is InChI=1S/C12H14N2O3/c1-17-12(16)9-3-2-4-10(7-9)14-6-5-13-11(15)8-14/h2-4,7H,5-6,8H2,1H3,(H,13,15). The largest absolute Gasteiger partial charge is 0.465 e. The Balaban J connectivity index is 2.20. The lowest BCUT2D eigenvalue weighted by Crippen LogP contribution is -2.47. The fraction of sp³-hybridized carbons (Fsp3) is 0.333. The number of methoxy groups -OCH3 is 1. The highest BCUT2D eigenvalue weighted by Gasteiger charge is 2.17. The molecule has 1 saturated heterocycles. The summed E-state index contributed by atoms with van der Waals surface area (Å²) in [6.45, 7) is 1.70. The summed E-state index contributed by atoms with van der Waals surface area (Å²) in [5, 5.41) is 2.76. The smallest absolute Gasteiger partial charge is 0.337 e. The Bertz CT molecular complexity index is 445. The number of nitrogens with zero attached hydrogens (tertiary/aromatic N) is 1. The van der Waals surface area contributed by atoms with Crippen LogP contribution in [0.2, 0.25) is 0 Å². The minimum atomic E-state index is -0.367. The first-order valence-corrected chi connectivity index (χ1v) is 5.41. The van der Waals surface area contributed by atoms with Gasteiger partial charge in [0.1, 0.15) is 0 Å². The first-order chi connectivity index (χ1) is 8.20. The van der Waals surface area contributed by atoms with Crippen LogP contribution in [-0.4, -0.2) is 38.6 Å². The van der Waals surface area contributed by atoms with E-state index in [1.54, 1.807) is 18.2 Å². The minimum Gasteiger partial charge on any atom is -0.465 e. The summed E-state index contributed by atoms with van der Waals surface area (Å²) in [6, 6.07) is 7.10. The Kier molecular flexibility index (Phi) is 3.27. The number of carbonyl (C=O) groups excluding carboxylic acids is 2. The van der Waals surface area contributed by atoms with Gasteiger partial charge >= 0.3 is 5.97 Å². The lowest BCUT2D eigenvalue weighted by molar-refractivity contribution is -0.120. The van der Waals surface area contributed by atoms with E-state index >= 15 is 0 Å². The number of benzene rings is 1. The Morgan fingerprint density at radius 3 is 3.00 bits per heavy atom. The van der Waals surface area contributed by atoms with Crippen LogP contribution in [-0.2, 0) is 9.53 Å². The fourth-order valence-electron chi connectivity index (χ4n) is 1.81. The fourth-order valence-corrected chi connectivity index (χ4v) is 1.81. The van der Waals surface area contributed by atoms with Gasteiger partial charge in [0.05, 0.1) is 19.2 Å². The second-order valence-corrected chi connectivity index (χ2v) is 3.81. The molecule has 1 aliphatic heterocycles. The zero-order chi connectivity index (χ0) is 12.3. The molecular weight excluding hydrogens is 220 g/mol. The van der Waals surface area contributed by atoms with Crippen LogP contribution in [0.5, 0.6) is 0 Å². The average Bonchev–Trinajstić information content (AvgIpc) is 2.38. The van der Waals surface area contributed by atoms with Crippen molar-refractivity contribution in [1.82, 2.24) is 5.32 Å². The van der Waals surface area contributed by atoms with Crippen LogP contribution >= 0.6 is 0 Å². The van der Waals surface area contributed by atoms with E-state index in [9.17, 15) is 9.59 Å². The molecule has 5 heteroatoms. The van der Waals surface area contributed by atoms with Crippen molar-refractivity contribution in [2.75, 3.05) is 31.6 Å². The van der Waals surface area contributed by atoms with Crippen molar-refractivity contribution in [1.29, 1.82) is 0 Å². The highest BCUT2D eigenvalue weighted by molar-refractivity contribution is 5.91. The van der Waals surface area contributed by atoms with E-state index in [2.05, 4.69) is 10.1 Å². The molecule has 2 rings (SSSR count). The number of carbonyl (C=O) groups is 2. The molecule has 5 nitrogen and oxygen atoms in total. The van der Waals surface area contributed by atoms with Crippen molar-refractivity contribution in [2.24, 2.45) is 0 Å². The van der Waals surface area contributed by atoms with Gasteiger partial charge in [-0.1, -0.05) is 6.07 Å². The lowest BCUT2D eigenvalue weighted by Gasteiger charge is -2.28. The zero-order valence-electron chi connectivity index (χ0n) is 9.60. The number of anilines is 1. The number of ether oxygens (including phenoxy) is 1. The third-order valence-electron chi connectivity index (χ3n) is 2.67. The van der Waals surface area contributed by atoms with Gasteiger partial charge in [0.15, 0.2) is 0 Å². The molecule has 1 heterocycles. The van der Waals surface area contributed by atoms with Crippen LogP contribution in [0.1, 0.15) is 10.4 Å². The maximum atomic E-state index is 11.4. The summed E-state index contributed by atoms with van der Waals surface area (Å²) in [5.41, 5.74) is 1.36. The zero-order valence-corrected chi connectivity index (χ0v) is 9.60. The quantitative estimate of drug-likeness (QED) is 0.753. The second kappa shape index (κ2) is 4.86. The number of rotatable bonds is 2. The van der Waals surface area contributed by atoms with Crippen molar-refractivity contribution in [3.8, 4) is 0 Å². The molecule has 0 aliphatic carbocycles. The van der Waals surface area contributed by atoms with Gasteiger partial charge in [-0.15, -0.1) is 0 Å². The molecule has 1 aromatic rings. The number of piperazine rings is 1. The van der Waals surface area contributed by atoms with Gasteiger partial charge in [0.25, 0.3) is 0 Å². The average molecular weight is 234 g/mol. The molecule has 1 amide bonds.